The van der Waals surface area contributed by atoms with E-state index in [0.717, 1.165) is 9.37 Å². The standard InChI is InChI=1S/C25H26BrFN2O5Si/c1-15(2)35(3,4)34-20-13-25(27,29-21(30)18-7-5-6-8-19(18)22(29)31)24(33)28(23(20)32)14-16-9-11-17(26)12-10-16/h5-12,15,20H,13-14H2,1-4H3/t20-,25-/m0/s1. The van der Waals surface area contributed by atoms with Gasteiger partial charge in [-0.25, -0.2) is 9.29 Å². The average molecular weight is 561 g/mol. The van der Waals surface area contributed by atoms with Crippen LogP contribution >= 0.6 is 15.9 Å². The van der Waals surface area contributed by atoms with E-state index in [1.807, 2.05) is 26.9 Å². The predicted octanol–water partition coefficient (Wildman–Crippen LogP) is 4.67. The summed E-state index contributed by atoms with van der Waals surface area (Å²) in [7, 11) is -2.48. The number of alkyl halides is 1. The van der Waals surface area contributed by atoms with Gasteiger partial charge in [0.1, 0.15) is 6.10 Å². The van der Waals surface area contributed by atoms with Gasteiger partial charge in [-0.2, -0.15) is 0 Å². The van der Waals surface area contributed by atoms with E-state index in [-0.39, 0.29) is 23.2 Å². The van der Waals surface area contributed by atoms with Crippen LogP contribution in [0.4, 0.5) is 4.39 Å². The van der Waals surface area contributed by atoms with Gasteiger partial charge in [-0.1, -0.05) is 54.0 Å². The number of piperidine rings is 1. The highest BCUT2D eigenvalue weighted by molar-refractivity contribution is 9.10. The largest absolute Gasteiger partial charge is 0.405 e. The fourth-order valence-electron chi connectivity index (χ4n) is 4.12. The van der Waals surface area contributed by atoms with Crippen LogP contribution in [0.2, 0.25) is 18.6 Å². The number of rotatable bonds is 6. The predicted molar refractivity (Wildman–Crippen MR) is 133 cm³/mol. The van der Waals surface area contributed by atoms with Gasteiger partial charge in [0.15, 0.2) is 8.32 Å². The molecule has 35 heavy (non-hydrogen) atoms. The van der Waals surface area contributed by atoms with Crippen LogP contribution in [0.5, 0.6) is 0 Å². The van der Waals surface area contributed by atoms with Crippen LogP contribution in [0, 0.1) is 0 Å². The van der Waals surface area contributed by atoms with Gasteiger partial charge in [0.25, 0.3) is 29.4 Å². The first-order chi connectivity index (χ1) is 16.4. The van der Waals surface area contributed by atoms with E-state index < -0.39 is 50.3 Å². The lowest BCUT2D eigenvalue weighted by atomic mass is 9.96. The van der Waals surface area contributed by atoms with Crippen LogP contribution in [0.25, 0.3) is 0 Å². The number of carbonyl (C=O) groups excluding carboxylic acids is 4. The average Bonchev–Trinajstić information content (AvgIpc) is 3.07. The minimum absolute atomic E-state index is 0.0213. The SMILES string of the molecule is CC(C)[Si](C)(C)O[C@H]1C[C@](F)(N2C(=O)c3ccccc3C2=O)C(=O)N(Cc2ccc(Br)cc2)C1=O. The number of fused-ring (bicyclic) bond motifs is 1. The summed E-state index contributed by atoms with van der Waals surface area (Å²) >= 11 is 3.34. The van der Waals surface area contributed by atoms with Gasteiger partial charge in [-0.15, -0.1) is 0 Å². The molecule has 0 aliphatic carbocycles. The number of nitrogens with zero attached hydrogens (tertiary/aromatic N) is 2. The fourth-order valence-corrected chi connectivity index (χ4v) is 5.57. The lowest BCUT2D eigenvalue weighted by Crippen LogP contribution is -2.67. The van der Waals surface area contributed by atoms with E-state index in [1.165, 1.54) is 12.1 Å². The second-order valence-electron chi connectivity index (χ2n) is 9.68. The Hall–Kier alpha value is -2.69. The summed E-state index contributed by atoms with van der Waals surface area (Å²) in [5.41, 5.74) is 0.725. The van der Waals surface area contributed by atoms with Crippen molar-refractivity contribution in [2.24, 2.45) is 0 Å². The van der Waals surface area contributed by atoms with Gasteiger partial charge in [0, 0.05) is 10.9 Å². The summed E-state index contributed by atoms with van der Waals surface area (Å²) in [6.45, 7) is 7.50. The van der Waals surface area contributed by atoms with E-state index in [1.54, 1.807) is 36.4 Å². The molecule has 2 atom stereocenters. The van der Waals surface area contributed by atoms with Crippen LogP contribution in [-0.2, 0) is 20.6 Å². The monoisotopic (exact) mass is 560 g/mol. The highest BCUT2D eigenvalue weighted by Crippen LogP contribution is 2.40. The Morgan fingerprint density at radius 1 is 1.03 bits per heavy atom. The van der Waals surface area contributed by atoms with Crippen molar-refractivity contribution < 1.29 is 28.0 Å². The zero-order chi connectivity index (χ0) is 25.7. The molecular formula is C25H26BrFN2O5Si. The van der Waals surface area contributed by atoms with Crippen molar-refractivity contribution in [3.8, 4) is 0 Å². The molecule has 0 N–H and O–H groups in total. The Morgan fingerprint density at radius 2 is 1.57 bits per heavy atom. The maximum atomic E-state index is 16.8. The number of hydrogen-bond donors (Lipinski definition) is 0. The normalized spacial score (nSPS) is 22.9. The molecule has 0 saturated carbocycles. The molecule has 2 heterocycles. The van der Waals surface area contributed by atoms with Crippen LogP contribution in [0.15, 0.2) is 53.0 Å². The molecular weight excluding hydrogens is 535 g/mol. The summed E-state index contributed by atoms with van der Waals surface area (Å²) < 4.78 is 23.8. The van der Waals surface area contributed by atoms with Crippen molar-refractivity contribution in [1.82, 2.24) is 9.80 Å². The Morgan fingerprint density at radius 3 is 2.09 bits per heavy atom. The maximum Gasteiger partial charge on any atom is 0.289 e. The summed E-state index contributed by atoms with van der Waals surface area (Å²) in [6, 6.07) is 12.8. The minimum Gasteiger partial charge on any atom is -0.405 e. The molecule has 7 nitrogen and oxygen atoms in total. The number of benzene rings is 2. The van der Waals surface area contributed by atoms with E-state index >= 15 is 4.39 Å². The summed E-state index contributed by atoms with van der Waals surface area (Å²) in [5, 5.41) is 0. The number of likely N-dealkylation sites (tertiary alicyclic amines) is 1. The molecule has 2 aliphatic rings. The van der Waals surface area contributed by atoms with Gasteiger partial charge in [0.05, 0.1) is 17.7 Å². The first kappa shape index (κ1) is 25.4. The van der Waals surface area contributed by atoms with E-state index in [0.29, 0.717) is 10.5 Å². The van der Waals surface area contributed by atoms with Gasteiger partial charge >= 0.3 is 0 Å². The van der Waals surface area contributed by atoms with E-state index in [2.05, 4.69) is 15.9 Å². The first-order valence-corrected chi connectivity index (χ1v) is 15.1. The van der Waals surface area contributed by atoms with Crippen molar-refractivity contribution in [1.29, 1.82) is 0 Å². The quantitative estimate of drug-likeness (QED) is 0.291. The number of hydrogen-bond acceptors (Lipinski definition) is 5. The fraction of sp³-hybridized carbons (Fsp3) is 0.360. The van der Waals surface area contributed by atoms with Crippen LogP contribution < -0.4 is 0 Å². The second kappa shape index (κ2) is 9.07. The summed E-state index contributed by atoms with van der Waals surface area (Å²) in [4.78, 5) is 54.3. The van der Waals surface area contributed by atoms with Gasteiger partial charge in [-0.3, -0.25) is 24.1 Å². The molecule has 2 aromatic carbocycles. The zero-order valence-corrected chi connectivity index (χ0v) is 22.5. The molecule has 0 unspecified atom stereocenters. The molecule has 184 valence electrons. The van der Waals surface area contributed by atoms with E-state index in [4.69, 9.17) is 4.43 Å². The molecule has 0 spiro atoms. The molecule has 2 aliphatic heterocycles. The highest BCUT2D eigenvalue weighted by Gasteiger charge is 2.62. The van der Waals surface area contributed by atoms with E-state index in [9.17, 15) is 19.2 Å². The third-order valence-corrected chi connectivity index (χ3v) is 11.0. The van der Waals surface area contributed by atoms with Crippen LogP contribution in [-0.4, -0.2) is 53.6 Å². The third kappa shape index (κ3) is 4.39. The molecule has 10 heteroatoms. The van der Waals surface area contributed by atoms with Crippen molar-refractivity contribution >= 4 is 47.9 Å². The Bertz CT molecular complexity index is 1180. The first-order valence-electron chi connectivity index (χ1n) is 11.3. The number of carbonyl (C=O) groups is 4. The molecule has 4 rings (SSSR count). The lowest BCUT2D eigenvalue weighted by Gasteiger charge is -2.44. The van der Waals surface area contributed by atoms with Crippen molar-refractivity contribution in [2.75, 3.05) is 0 Å². The second-order valence-corrected chi connectivity index (χ2v) is 15.2. The summed E-state index contributed by atoms with van der Waals surface area (Å²) in [5.74, 6) is -6.80. The molecule has 1 fully saturated rings. The molecule has 0 radical (unpaired) electrons. The zero-order valence-electron chi connectivity index (χ0n) is 19.9. The topological polar surface area (TPSA) is 84.0 Å². The molecule has 0 aromatic heterocycles. The van der Waals surface area contributed by atoms with Crippen LogP contribution in [0.1, 0.15) is 46.5 Å². The van der Waals surface area contributed by atoms with Crippen LogP contribution in [0.3, 0.4) is 0 Å². The molecule has 2 aromatic rings. The number of amides is 4. The number of halogens is 2. The Kier molecular flexibility index (Phi) is 6.58. The Balaban J connectivity index is 1.76. The lowest BCUT2D eigenvalue weighted by molar-refractivity contribution is -0.176. The highest BCUT2D eigenvalue weighted by atomic mass is 79.9. The Labute approximate surface area is 212 Å². The molecule has 1 saturated heterocycles. The van der Waals surface area contributed by atoms with Gasteiger partial charge < -0.3 is 4.43 Å². The molecule has 4 amide bonds. The smallest absolute Gasteiger partial charge is 0.289 e. The number of imide groups is 2. The third-order valence-electron chi connectivity index (χ3n) is 6.81. The van der Waals surface area contributed by atoms with Crippen molar-refractivity contribution in [2.45, 2.75) is 57.3 Å². The van der Waals surface area contributed by atoms with Gasteiger partial charge in [-0.05, 0) is 48.5 Å². The minimum atomic E-state index is -3.07. The van der Waals surface area contributed by atoms with Crippen molar-refractivity contribution in [3.63, 3.8) is 0 Å². The maximum absolute atomic E-state index is 16.8. The molecule has 0 bridgehead atoms. The van der Waals surface area contributed by atoms with Gasteiger partial charge in [0.2, 0.25) is 0 Å². The van der Waals surface area contributed by atoms with Crippen molar-refractivity contribution in [3.05, 3.63) is 69.7 Å². The summed E-state index contributed by atoms with van der Waals surface area (Å²) in [6.07, 6.45) is -2.06.